The molecule has 0 aromatic carbocycles. The molecule has 162 valence electrons. The van der Waals surface area contributed by atoms with Gasteiger partial charge in [0, 0.05) is 25.2 Å². The Bertz CT molecular complexity index is 462. The third-order valence-corrected chi connectivity index (χ3v) is 8.08. The first-order valence-electron chi connectivity index (χ1n) is 12.2. The van der Waals surface area contributed by atoms with E-state index in [0.29, 0.717) is 24.3 Å². The number of hydroxylamine groups is 1. The zero-order valence-corrected chi connectivity index (χ0v) is 18.3. The summed E-state index contributed by atoms with van der Waals surface area (Å²) in [5.41, 5.74) is 3.37. The number of hydrogen-bond acceptors (Lipinski definition) is 4. The average molecular weight is 396 g/mol. The summed E-state index contributed by atoms with van der Waals surface area (Å²) in [6, 6.07) is 0.631. The molecule has 6 unspecified atom stereocenters. The van der Waals surface area contributed by atoms with Crippen LogP contribution in [0.15, 0.2) is 0 Å². The van der Waals surface area contributed by atoms with Gasteiger partial charge < -0.3 is 10.2 Å². The third kappa shape index (κ3) is 5.27. The molecule has 4 aliphatic rings. The highest BCUT2D eigenvalue weighted by atomic mass is 16.7. The minimum atomic E-state index is 0.198. The number of likely N-dealkylation sites (tertiary alicyclic amines) is 1. The number of nitrogens with zero attached hydrogens (tertiary/aromatic N) is 1. The lowest BCUT2D eigenvalue weighted by atomic mass is 9.86. The molecule has 0 bridgehead atoms. The lowest BCUT2D eigenvalue weighted by molar-refractivity contribution is -0.916. The molecule has 1 saturated carbocycles. The fraction of sp³-hybridized carbons (Fsp3) is 1.00. The van der Waals surface area contributed by atoms with Crippen molar-refractivity contribution in [3.05, 3.63) is 0 Å². The molecule has 6 heteroatoms. The highest BCUT2D eigenvalue weighted by Crippen LogP contribution is 2.27. The van der Waals surface area contributed by atoms with E-state index < -0.39 is 0 Å². The molecule has 0 aromatic heterocycles. The minimum Gasteiger partial charge on any atom is -0.331 e. The number of nitrogens with two attached hydrogens (primary N) is 1. The van der Waals surface area contributed by atoms with E-state index in [1.54, 1.807) is 4.90 Å². The van der Waals surface area contributed by atoms with Crippen molar-refractivity contribution in [2.45, 2.75) is 95.2 Å². The average Bonchev–Trinajstić information content (AvgIpc) is 3.38. The van der Waals surface area contributed by atoms with Gasteiger partial charge in [-0.3, -0.25) is 15.1 Å². The normalized spacial score (nSPS) is 40.4. The lowest BCUT2D eigenvalue weighted by Crippen LogP contribution is -3.15. The second kappa shape index (κ2) is 10.2. The van der Waals surface area contributed by atoms with Gasteiger partial charge in [0.05, 0.1) is 25.8 Å². The van der Waals surface area contributed by atoms with Crippen molar-refractivity contribution in [1.82, 2.24) is 15.7 Å². The largest absolute Gasteiger partial charge is 0.331 e. The van der Waals surface area contributed by atoms with Crippen LogP contribution >= 0.6 is 0 Å². The molecule has 1 aliphatic carbocycles. The first-order valence-corrected chi connectivity index (χ1v) is 12.2. The van der Waals surface area contributed by atoms with E-state index in [1.165, 1.54) is 90.3 Å². The monoisotopic (exact) mass is 395 g/mol. The second-order valence-electron chi connectivity index (χ2n) is 10.2. The van der Waals surface area contributed by atoms with Crippen LogP contribution in [0, 0.1) is 11.8 Å². The summed E-state index contributed by atoms with van der Waals surface area (Å²) in [6.45, 7) is 3.87. The van der Waals surface area contributed by atoms with Gasteiger partial charge in [0.15, 0.2) is 6.23 Å². The smallest absolute Gasteiger partial charge is 0.183 e. The first kappa shape index (κ1) is 21.0. The van der Waals surface area contributed by atoms with E-state index in [2.05, 4.69) is 35.1 Å². The van der Waals surface area contributed by atoms with Crippen molar-refractivity contribution >= 4 is 0 Å². The number of nitrogens with one attached hydrogen (secondary N) is 3. The Morgan fingerprint density at radius 1 is 1.04 bits per heavy atom. The van der Waals surface area contributed by atoms with Gasteiger partial charge in [0.1, 0.15) is 12.2 Å². The van der Waals surface area contributed by atoms with Crippen LogP contribution in [0.3, 0.4) is 0 Å². The molecule has 3 heterocycles. The van der Waals surface area contributed by atoms with Crippen LogP contribution in [-0.4, -0.2) is 63.2 Å². The minimum absolute atomic E-state index is 0.198. The molecule has 3 aliphatic heterocycles. The molecule has 4 fully saturated rings. The van der Waals surface area contributed by atoms with Gasteiger partial charge in [-0.15, -0.1) is 0 Å². The number of hydrogen-bond donors (Lipinski definition) is 4. The van der Waals surface area contributed by atoms with Crippen molar-refractivity contribution in [2.75, 3.05) is 33.7 Å². The van der Waals surface area contributed by atoms with Gasteiger partial charge in [0.2, 0.25) is 0 Å². The van der Waals surface area contributed by atoms with Gasteiger partial charge in [-0.25, -0.2) is 0 Å². The zero-order valence-electron chi connectivity index (χ0n) is 18.3. The molecule has 0 amide bonds. The Balaban J connectivity index is 1.19. The van der Waals surface area contributed by atoms with E-state index >= 15 is 0 Å². The van der Waals surface area contributed by atoms with Crippen LogP contribution in [0.25, 0.3) is 0 Å². The van der Waals surface area contributed by atoms with Crippen molar-refractivity contribution in [1.29, 1.82) is 0 Å². The molecular weight excluding hydrogens is 350 g/mol. The molecule has 0 aromatic rings. The van der Waals surface area contributed by atoms with E-state index in [-0.39, 0.29) is 6.23 Å². The summed E-state index contributed by atoms with van der Waals surface area (Å²) in [4.78, 5) is 10.2. The second-order valence-corrected chi connectivity index (χ2v) is 10.2. The summed E-state index contributed by atoms with van der Waals surface area (Å²) >= 11 is 0. The number of quaternary nitrogens is 2. The summed E-state index contributed by atoms with van der Waals surface area (Å²) < 4.78 is 0. The zero-order chi connectivity index (χ0) is 19.3. The maximum absolute atomic E-state index is 6.10. The molecule has 0 spiro atoms. The fourth-order valence-corrected chi connectivity index (χ4v) is 6.25. The quantitative estimate of drug-likeness (QED) is 0.491. The van der Waals surface area contributed by atoms with Crippen LogP contribution < -0.4 is 21.0 Å². The van der Waals surface area contributed by atoms with Gasteiger partial charge in [-0.1, -0.05) is 32.1 Å². The summed E-state index contributed by atoms with van der Waals surface area (Å²) in [5.74, 6) is 1.69. The maximum atomic E-state index is 6.10. The summed E-state index contributed by atoms with van der Waals surface area (Å²) in [7, 11) is 4.39. The Morgan fingerprint density at radius 3 is 2.64 bits per heavy atom. The standard InChI is InChI=1S/C22H43N5O/c1-26(2)20-13-12-18(16-23-20)21-24-22(28-25-21)19-11-7-15-27(19)14-6-10-17-8-4-3-5-9-17/h17-25H,3-16H2,1-2H3/p+2. The SMILES string of the molecule is CN(C)C1CCC(C2NOC(C3CCC[NH+]3CCCC3CCCCC3)N2)C[NH2+]1. The van der Waals surface area contributed by atoms with Crippen LogP contribution in [0.4, 0.5) is 0 Å². The van der Waals surface area contributed by atoms with Crippen molar-refractivity contribution < 1.29 is 15.1 Å². The van der Waals surface area contributed by atoms with Gasteiger partial charge in [0.25, 0.3) is 0 Å². The predicted molar refractivity (Wildman–Crippen MR) is 111 cm³/mol. The highest BCUT2D eigenvalue weighted by Gasteiger charge is 2.43. The van der Waals surface area contributed by atoms with E-state index in [1.807, 2.05) is 0 Å². The summed E-state index contributed by atoms with van der Waals surface area (Å²) in [5, 5.41) is 6.33. The summed E-state index contributed by atoms with van der Waals surface area (Å²) in [6.07, 6.45) is 16.7. The Morgan fingerprint density at radius 2 is 1.89 bits per heavy atom. The molecule has 6 atom stereocenters. The molecule has 3 saturated heterocycles. The molecular formula is C22H45N5O+2. The van der Waals surface area contributed by atoms with Crippen molar-refractivity contribution in [3.8, 4) is 0 Å². The molecule has 6 nitrogen and oxygen atoms in total. The molecule has 28 heavy (non-hydrogen) atoms. The molecule has 5 N–H and O–H groups in total. The van der Waals surface area contributed by atoms with Crippen molar-refractivity contribution in [2.24, 2.45) is 11.8 Å². The van der Waals surface area contributed by atoms with E-state index in [9.17, 15) is 0 Å². The first-order chi connectivity index (χ1) is 13.7. The van der Waals surface area contributed by atoms with Crippen LogP contribution in [0.2, 0.25) is 0 Å². The van der Waals surface area contributed by atoms with Gasteiger partial charge in [-0.05, 0) is 39.3 Å². The van der Waals surface area contributed by atoms with Crippen molar-refractivity contribution in [3.63, 3.8) is 0 Å². The van der Waals surface area contributed by atoms with E-state index in [0.717, 1.165) is 5.92 Å². The molecule has 0 radical (unpaired) electrons. The Hall–Kier alpha value is -0.240. The van der Waals surface area contributed by atoms with Gasteiger partial charge in [-0.2, -0.15) is 5.48 Å². The van der Waals surface area contributed by atoms with Crippen LogP contribution in [-0.2, 0) is 4.84 Å². The number of rotatable bonds is 7. The van der Waals surface area contributed by atoms with Crippen LogP contribution in [0.5, 0.6) is 0 Å². The van der Waals surface area contributed by atoms with Crippen LogP contribution in [0.1, 0.15) is 70.6 Å². The maximum Gasteiger partial charge on any atom is 0.183 e. The Labute approximate surface area is 172 Å². The Kier molecular flexibility index (Phi) is 7.64. The van der Waals surface area contributed by atoms with Gasteiger partial charge >= 0.3 is 0 Å². The topological polar surface area (TPSA) is 57.6 Å². The predicted octanol–water partition coefficient (Wildman–Crippen LogP) is 0.0319. The third-order valence-electron chi connectivity index (χ3n) is 8.08. The number of piperidine rings is 1. The molecule has 4 rings (SSSR count). The fourth-order valence-electron chi connectivity index (χ4n) is 6.25. The highest BCUT2D eigenvalue weighted by molar-refractivity contribution is 4.83. The lowest BCUT2D eigenvalue weighted by Gasteiger charge is -2.33. The van der Waals surface area contributed by atoms with E-state index in [4.69, 9.17) is 4.84 Å².